The summed E-state index contributed by atoms with van der Waals surface area (Å²) in [5.41, 5.74) is 1.04. The molecule has 1 atom stereocenters. The highest BCUT2D eigenvalue weighted by molar-refractivity contribution is 7.80. The Morgan fingerprint density at radius 3 is 2.87 bits per heavy atom. The van der Waals surface area contributed by atoms with Crippen LogP contribution in [-0.4, -0.2) is 48.5 Å². The number of anilines is 2. The molecule has 1 aromatic heterocycles. The molecule has 1 saturated heterocycles. The Hall–Kier alpha value is -2.81. The molecule has 0 radical (unpaired) electrons. The average molecular weight is 430 g/mol. The molecule has 3 heterocycles. The second kappa shape index (κ2) is 9.34. The zero-order chi connectivity index (χ0) is 20.9. The van der Waals surface area contributed by atoms with Crippen molar-refractivity contribution >= 4 is 29.1 Å². The molecule has 2 aliphatic rings. The first-order valence-electron chi connectivity index (χ1n) is 10.2. The largest absolute Gasteiger partial charge is 0.486 e. The highest BCUT2D eigenvalue weighted by atomic mass is 32.1. The van der Waals surface area contributed by atoms with Crippen molar-refractivity contribution < 1.29 is 14.2 Å². The Labute approximate surface area is 181 Å². The fourth-order valence-electron chi connectivity index (χ4n) is 3.66. The third kappa shape index (κ3) is 5.02. The molecule has 0 bridgehead atoms. The Morgan fingerprint density at radius 1 is 1.23 bits per heavy atom. The SMILES string of the molecule is COc1cc(N2CCC[C@@H](C)C2)nc(NC(=S)NCc2ccc3c(c2)OCCO3)n1. The van der Waals surface area contributed by atoms with Crippen molar-refractivity contribution in [1.29, 1.82) is 0 Å². The first kappa shape index (κ1) is 20.5. The first-order chi connectivity index (χ1) is 14.6. The second-order valence-electron chi connectivity index (χ2n) is 7.57. The minimum absolute atomic E-state index is 0.419. The molecule has 0 amide bonds. The maximum absolute atomic E-state index is 5.63. The van der Waals surface area contributed by atoms with E-state index in [2.05, 4.69) is 32.4 Å². The molecule has 160 valence electrons. The summed E-state index contributed by atoms with van der Waals surface area (Å²) in [5, 5.41) is 6.70. The normalized spacial score (nSPS) is 17.9. The van der Waals surface area contributed by atoms with Gasteiger partial charge in [0.2, 0.25) is 11.8 Å². The summed E-state index contributed by atoms with van der Waals surface area (Å²) >= 11 is 5.44. The van der Waals surface area contributed by atoms with Crippen LogP contribution in [0.2, 0.25) is 0 Å². The van der Waals surface area contributed by atoms with Crippen LogP contribution < -0.4 is 29.7 Å². The van der Waals surface area contributed by atoms with Gasteiger partial charge in [0.05, 0.1) is 7.11 Å². The lowest BCUT2D eigenvalue weighted by Gasteiger charge is -2.32. The van der Waals surface area contributed by atoms with E-state index in [-0.39, 0.29) is 0 Å². The maximum Gasteiger partial charge on any atom is 0.234 e. The molecular formula is C21H27N5O3S. The van der Waals surface area contributed by atoms with Gasteiger partial charge in [0.1, 0.15) is 19.0 Å². The van der Waals surface area contributed by atoms with Crippen molar-refractivity contribution in [2.75, 3.05) is 43.6 Å². The van der Waals surface area contributed by atoms with E-state index in [1.54, 1.807) is 7.11 Å². The lowest BCUT2D eigenvalue weighted by Crippen LogP contribution is -2.35. The van der Waals surface area contributed by atoms with Gasteiger partial charge in [-0.1, -0.05) is 13.0 Å². The van der Waals surface area contributed by atoms with Crippen molar-refractivity contribution in [3.05, 3.63) is 29.8 Å². The lowest BCUT2D eigenvalue weighted by molar-refractivity contribution is 0.171. The van der Waals surface area contributed by atoms with E-state index in [0.717, 1.165) is 42.4 Å². The summed E-state index contributed by atoms with van der Waals surface area (Å²) in [6.07, 6.45) is 2.41. The molecule has 4 rings (SSSR count). The smallest absolute Gasteiger partial charge is 0.234 e. The number of nitrogens with zero attached hydrogens (tertiary/aromatic N) is 3. The number of ether oxygens (including phenoxy) is 3. The molecule has 30 heavy (non-hydrogen) atoms. The van der Waals surface area contributed by atoms with Crippen molar-refractivity contribution in [2.45, 2.75) is 26.3 Å². The fourth-order valence-corrected chi connectivity index (χ4v) is 3.82. The highest BCUT2D eigenvalue weighted by Crippen LogP contribution is 2.30. The Kier molecular flexibility index (Phi) is 6.37. The minimum Gasteiger partial charge on any atom is -0.486 e. The standard InChI is InChI=1S/C21H27N5O3S/c1-14-4-3-7-26(13-14)18-11-19(27-2)24-20(23-18)25-21(30)22-12-15-5-6-16-17(10-15)29-9-8-28-16/h5-6,10-11,14H,3-4,7-9,12-13H2,1-2H3,(H2,22,23,24,25,30)/t14-/m1/s1. The third-order valence-corrected chi connectivity index (χ3v) is 5.41. The number of hydrogen-bond donors (Lipinski definition) is 2. The molecule has 9 heteroatoms. The molecule has 2 aromatic rings. The van der Waals surface area contributed by atoms with Crippen LogP contribution in [0.4, 0.5) is 11.8 Å². The second-order valence-corrected chi connectivity index (χ2v) is 7.98. The predicted octanol–water partition coefficient (Wildman–Crippen LogP) is 2.98. The number of rotatable bonds is 5. The van der Waals surface area contributed by atoms with E-state index in [1.165, 1.54) is 6.42 Å². The number of benzene rings is 1. The topological polar surface area (TPSA) is 80.8 Å². The van der Waals surface area contributed by atoms with Crippen LogP contribution in [0.5, 0.6) is 17.4 Å². The van der Waals surface area contributed by atoms with Gasteiger partial charge in [-0.15, -0.1) is 0 Å². The molecule has 0 aliphatic carbocycles. The van der Waals surface area contributed by atoms with Gasteiger partial charge in [-0.25, -0.2) is 0 Å². The quantitative estimate of drug-likeness (QED) is 0.697. The molecule has 0 spiro atoms. The van der Waals surface area contributed by atoms with Crippen LogP contribution >= 0.6 is 12.2 Å². The van der Waals surface area contributed by atoms with E-state index < -0.39 is 0 Å². The van der Waals surface area contributed by atoms with Crippen molar-refractivity contribution in [1.82, 2.24) is 15.3 Å². The van der Waals surface area contributed by atoms with E-state index in [4.69, 9.17) is 26.4 Å². The summed E-state index contributed by atoms with van der Waals surface area (Å²) in [6.45, 7) is 5.92. The van der Waals surface area contributed by atoms with Crippen LogP contribution in [0, 0.1) is 5.92 Å². The van der Waals surface area contributed by atoms with Crippen LogP contribution in [-0.2, 0) is 6.54 Å². The van der Waals surface area contributed by atoms with E-state index in [1.807, 2.05) is 24.3 Å². The zero-order valence-electron chi connectivity index (χ0n) is 17.3. The molecule has 8 nitrogen and oxygen atoms in total. The number of fused-ring (bicyclic) bond motifs is 1. The Morgan fingerprint density at radius 2 is 2.07 bits per heavy atom. The van der Waals surface area contributed by atoms with Crippen molar-refractivity contribution in [3.63, 3.8) is 0 Å². The van der Waals surface area contributed by atoms with Gasteiger partial charge in [-0.05, 0) is 48.7 Å². The summed E-state index contributed by atoms with van der Waals surface area (Å²) in [4.78, 5) is 11.3. The number of piperidine rings is 1. The van der Waals surface area contributed by atoms with Crippen LogP contribution in [0.3, 0.4) is 0 Å². The summed E-state index contributed by atoms with van der Waals surface area (Å²) < 4.78 is 16.6. The van der Waals surface area contributed by atoms with E-state index in [0.29, 0.717) is 42.6 Å². The van der Waals surface area contributed by atoms with Gasteiger partial charge in [0, 0.05) is 25.7 Å². The van der Waals surface area contributed by atoms with E-state index >= 15 is 0 Å². The highest BCUT2D eigenvalue weighted by Gasteiger charge is 2.19. The number of hydrogen-bond acceptors (Lipinski definition) is 7. The number of nitrogens with one attached hydrogen (secondary N) is 2. The summed E-state index contributed by atoms with van der Waals surface area (Å²) in [7, 11) is 1.60. The van der Waals surface area contributed by atoms with Gasteiger partial charge in [0.15, 0.2) is 16.6 Å². The maximum atomic E-state index is 5.63. The van der Waals surface area contributed by atoms with Crippen LogP contribution in [0.25, 0.3) is 0 Å². The molecule has 0 unspecified atom stereocenters. The molecule has 1 fully saturated rings. The van der Waals surface area contributed by atoms with Crippen molar-refractivity contribution in [3.8, 4) is 17.4 Å². The summed E-state index contributed by atoms with van der Waals surface area (Å²) in [6, 6.07) is 7.73. The first-order valence-corrected chi connectivity index (χ1v) is 10.6. The Balaban J connectivity index is 1.39. The lowest BCUT2D eigenvalue weighted by atomic mass is 10.0. The van der Waals surface area contributed by atoms with Gasteiger partial charge >= 0.3 is 0 Å². The van der Waals surface area contributed by atoms with Gasteiger partial charge < -0.3 is 29.7 Å². The van der Waals surface area contributed by atoms with Gasteiger partial charge in [-0.2, -0.15) is 9.97 Å². The molecule has 2 aliphatic heterocycles. The molecular weight excluding hydrogens is 402 g/mol. The molecule has 2 N–H and O–H groups in total. The minimum atomic E-state index is 0.419. The van der Waals surface area contributed by atoms with Crippen LogP contribution in [0.15, 0.2) is 24.3 Å². The zero-order valence-corrected chi connectivity index (χ0v) is 18.1. The van der Waals surface area contributed by atoms with Crippen LogP contribution in [0.1, 0.15) is 25.3 Å². The van der Waals surface area contributed by atoms with Crippen molar-refractivity contribution in [2.24, 2.45) is 5.92 Å². The Bertz CT molecular complexity index is 910. The van der Waals surface area contributed by atoms with E-state index in [9.17, 15) is 0 Å². The van der Waals surface area contributed by atoms with Gasteiger partial charge in [-0.3, -0.25) is 0 Å². The summed E-state index contributed by atoms with van der Waals surface area (Å²) in [5.74, 6) is 3.96. The molecule has 1 aromatic carbocycles. The third-order valence-electron chi connectivity index (χ3n) is 5.16. The number of thiocarbonyl (C=S) groups is 1. The predicted molar refractivity (Wildman–Crippen MR) is 120 cm³/mol. The fraction of sp³-hybridized carbons (Fsp3) is 0.476. The average Bonchev–Trinajstić information content (AvgIpc) is 2.77. The number of methoxy groups -OCH3 is 1. The number of aromatic nitrogens is 2. The molecule has 0 saturated carbocycles. The monoisotopic (exact) mass is 429 g/mol. The van der Waals surface area contributed by atoms with Gasteiger partial charge in [0.25, 0.3) is 0 Å².